The van der Waals surface area contributed by atoms with E-state index in [9.17, 15) is 0 Å². The molecule has 1 unspecified atom stereocenters. The second-order valence-corrected chi connectivity index (χ2v) is 9.32. The lowest BCUT2D eigenvalue weighted by Crippen LogP contribution is -2.61. The molecule has 0 radical (unpaired) electrons. The zero-order valence-electron chi connectivity index (χ0n) is 18.4. The van der Waals surface area contributed by atoms with Crippen LogP contribution in [0.2, 0.25) is 0 Å². The number of nitrogens with two attached hydrogens (primary N) is 1. The lowest BCUT2D eigenvalue weighted by atomic mass is 9.54. The monoisotopic (exact) mass is 353 g/mol. The third-order valence-electron chi connectivity index (χ3n) is 6.93. The zero-order valence-corrected chi connectivity index (χ0v) is 18.4. The maximum Gasteiger partial charge on any atom is 0.186 e. The lowest BCUT2D eigenvalue weighted by molar-refractivity contribution is -0.00845. The molecule has 4 N–H and O–H groups in total. The molecule has 0 aliphatic carbocycles. The van der Waals surface area contributed by atoms with Gasteiger partial charge in [-0.05, 0) is 37.5 Å². The lowest BCUT2D eigenvalue weighted by Gasteiger charge is -2.54. The zero-order chi connectivity index (χ0) is 19.6. The van der Waals surface area contributed by atoms with E-state index in [1.54, 1.807) is 0 Å². The molecule has 0 aliphatic heterocycles. The average molecular weight is 354 g/mol. The smallest absolute Gasteiger partial charge is 0.186 e. The summed E-state index contributed by atoms with van der Waals surface area (Å²) in [6.45, 7) is 16.2. The summed E-state index contributed by atoms with van der Waals surface area (Å²) in [5.41, 5.74) is 5.77. The predicted octanol–water partition coefficient (Wildman–Crippen LogP) is 6.61. The molecule has 0 fully saturated rings. The van der Waals surface area contributed by atoms with Crippen molar-refractivity contribution in [3.05, 3.63) is 0 Å². The Labute approximate surface area is 158 Å². The highest BCUT2D eigenvalue weighted by Gasteiger charge is 2.49. The summed E-state index contributed by atoms with van der Waals surface area (Å²) in [5, 5.41) is 10.9. The first-order chi connectivity index (χ1) is 11.5. The van der Waals surface area contributed by atoms with Crippen molar-refractivity contribution >= 4 is 5.96 Å². The number of nitrogens with one attached hydrogen (secondary N) is 2. The third-order valence-corrected chi connectivity index (χ3v) is 6.93. The van der Waals surface area contributed by atoms with Gasteiger partial charge in [-0.1, -0.05) is 92.4 Å². The molecule has 1 atom stereocenters. The van der Waals surface area contributed by atoms with Gasteiger partial charge in [-0.25, -0.2) is 0 Å². The van der Waals surface area contributed by atoms with Gasteiger partial charge in [0.15, 0.2) is 5.96 Å². The van der Waals surface area contributed by atoms with Crippen LogP contribution in [-0.2, 0) is 0 Å². The summed E-state index contributed by atoms with van der Waals surface area (Å²) in [6, 6.07) is 0. The van der Waals surface area contributed by atoms with Crippen LogP contribution in [0.4, 0.5) is 0 Å². The number of hydrogen-bond donors (Lipinski definition) is 3. The molecule has 0 amide bonds. The molecule has 0 bridgehead atoms. The first-order valence-electron chi connectivity index (χ1n) is 10.7. The highest BCUT2D eigenvalue weighted by molar-refractivity contribution is 5.75. The molecule has 0 saturated heterocycles. The van der Waals surface area contributed by atoms with Gasteiger partial charge in [-0.2, -0.15) is 0 Å². The van der Waals surface area contributed by atoms with E-state index in [0.29, 0.717) is 0 Å². The average Bonchev–Trinajstić information content (AvgIpc) is 2.50. The number of unbranched alkanes of at least 4 members (excludes halogenated alkanes) is 7. The van der Waals surface area contributed by atoms with Crippen LogP contribution < -0.4 is 11.1 Å². The maximum absolute atomic E-state index is 7.71. The molecule has 0 spiro atoms. The van der Waals surface area contributed by atoms with Crippen LogP contribution in [0.3, 0.4) is 0 Å². The molecule has 0 aromatic carbocycles. The van der Waals surface area contributed by atoms with Crippen molar-refractivity contribution in [2.45, 2.75) is 125 Å². The molecule has 0 aliphatic rings. The summed E-state index contributed by atoms with van der Waals surface area (Å²) in [5.74, 6) is 0.0781. The van der Waals surface area contributed by atoms with Gasteiger partial charge >= 0.3 is 0 Å². The fraction of sp³-hybridized carbons (Fsp3) is 0.955. The van der Waals surface area contributed by atoms with Crippen molar-refractivity contribution in [1.82, 2.24) is 5.32 Å². The largest absolute Gasteiger partial charge is 0.370 e. The Morgan fingerprint density at radius 1 is 0.760 bits per heavy atom. The first kappa shape index (κ1) is 24.3. The van der Waals surface area contributed by atoms with Crippen LogP contribution in [0.1, 0.15) is 119 Å². The molecule has 3 nitrogen and oxygen atoms in total. The Hall–Kier alpha value is -0.730. The quantitative estimate of drug-likeness (QED) is 0.187. The van der Waals surface area contributed by atoms with Gasteiger partial charge in [-0.15, -0.1) is 0 Å². The Morgan fingerprint density at radius 3 is 1.56 bits per heavy atom. The van der Waals surface area contributed by atoms with E-state index in [2.05, 4.69) is 53.8 Å². The van der Waals surface area contributed by atoms with E-state index in [-0.39, 0.29) is 22.3 Å². The van der Waals surface area contributed by atoms with Gasteiger partial charge in [0.1, 0.15) is 0 Å². The molecule has 0 aromatic rings. The van der Waals surface area contributed by atoms with E-state index < -0.39 is 0 Å². The van der Waals surface area contributed by atoms with Crippen LogP contribution in [0.5, 0.6) is 0 Å². The summed E-state index contributed by atoms with van der Waals surface area (Å²) < 4.78 is 0. The Bertz CT molecular complexity index is 373. The standard InChI is InChI=1S/C22H47N3/c1-8-10-12-14-16-18-22(7,17-15-13-11-9-2)20(3,4)21(5,6)25-19(23)24/h8-18H2,1-7H3,(H4,23,24,25). The van der Waals surface area contributed by atoms with Crippen molar-refractivity contribution in [2.75, 3.05) is 0 Å². The third kappa shape index (κ3) is 7.58. The van der Waals surface area contributed by atoms with Crippen molar-refractivity contribution in [1.29, 1.82) is 5.41 Å². The molecular weight excluding hydrogens is 306 g/mol. The highest BCUT2D eigenvalue weighted by atomic mass is 15.1. The number of hydrogen-bond acceptors (Lipinski definition) is 1. The second-order valence-electron chi connectivity index (χ2n) is 9.32. The van der Waals surface area contributed by atoms with Gasteiger partial charge in [0.05, 0.1) is 0 Å². The van der Waals surface area contributed by atoms with Crippen molar-refractivity contribution < 1.29 is 0 Å². The first-order valence-corrected chi connectivity index (χ1v) is 10.7. The maximum atomic E-state index is 7.71. The summed E-state index contributed by atoms with van der Waals surface area (Å²) in [6.07, 6.45) is 14.4. The van der Waals surface area contributed by atoms with Crippen LogP contribution in [0.15, 0.2) is 0 Å². The Morgan fingerprint density at radius 2 is 1.16 bits per heavy atom. The molecule has 0 heterocycles. The van der Waals surface area contributed by atoms with E-state index >= 15 is 0 Å². The normalized spacial score (nSPS) is 15.0. The van der Waals surface area contributed by atoms with Gasteiger partial charge in [0, 0.05) is 5.54 Å². The molecule has 0 rings (SSSR count). The summed E-state index contributed by atoms with van der Waals surface area (Å²) in [4.78, 5) is 0. The van der Waals surface area contributed by atoms with Crippen molar-refractivity contribution in [3.63, 3.8) is 0 Å². The predicted molar refractivity (Wildman–Crippen MR) is 113 cm³/mol. The topological polar surface area (TPSA) is 61.9 Å². The minimum atomic E-state index is -0.207. The minimum absolute atomic E-state index is 0.0443. The number of guanidine groups is 1. The van der Waals surface area contributed by atoms with E-state index in [1.807, 2.05) is 0 Å². The van der Waals surface area contributed by atoms with Crippen LogP contribution in [-0.4, -0.2) is 11.5 Å². The van der Waals surface area contributed by atoms with Gasteiger partial charge in [-0.3, -0.25) is 5.41 Å². The van der Waals surface area contributed by atoms with Gasteiger partial charge in [0.2, 0.25) is 0 Å². The second kappa shape index (κ2) is 11.1. The summed E-state index contributed by atoms with van der Waals surface area (Å²) in [7, 11) is 0. The fourth-order valence-corrected chi connectivity index (χ4v) is 4.06. The molecule has 0 aromatic heterocycles. The molecular formula is C22H47N3. The van der Waals surface area contributed by atoms with Crippen LogP contribution in [0.25, 0.3) is 0 Å². The number of rotatable bonds is 14. The Balaban J connectivity index is 5.13. The van der Waals surface area contributed by atoms with E-state index in [1.165, 1.54) is 70.6 Å². The van der Waals surface area contributed by atoms with E-state index in [4.69, 9.17) is 11.1 Å². The van der Waals surface area contributed by atoms with Crippen LogP contribution >= 0.6 is 0 Å². The Kier molecular flexibility index (Phi) is 10.8. The molecule has 150 valence electrons. The fourth-order valence-electron chi connectivity index (χ4n) is 4.06. The van der Waals surface area contributed by atoms with Gasteiger partial charge < -0.3 is 11.1 Å². The summed E-state index contributed by atoms with van der Waals surface area (Å²) >= 11 is 0. The molecule has 3 heteroatoms. The minimum Gasteiger partial charge on any atom is -0.370 e. The van der Waals surface area contributed by atoms with E-state index in [0.717, 1.165) is 0 Å². The highest BCUT2D eigenvalue weighted by Crippen LogP contribution is 2.52. The molecule has 25 heavy (non-hydrogen) atoms. The van der Waals surface area contributed by atoms with Crippen molar-refractivity contribution in [3.8, 4) is 0 Å². The SMILES string of the molecule is CCCCCCCC(C)(CCCCCC)C(C)(C)C(C)(C)NC(=N)N. The molecule has 0 saturated carbocycles. The van der Waals surface area contributed by atoms with Crippen LogP contribution in [0, 0.1) is 16.2 Å². The van der Waals surface area contributed by atoms with Crippen molar-refractivity contribution in [2.24, 2.45) is 16.6 Å². The van der Waals surface area contributed by atoms with Gasteiger partial charge in [0.25, 0.3) is 0 Å².